The SMILES string of the molecule is COc1ccc(C=C2C(=O)OC(C)(C)OC2=O)cc1COc1ccc(I)cc1. The standard InChI is InChI=1S/C21H19IO6/c1-21(2)27-19(23)17(20(24)28-21)11-13-4-9-18(25-3)14(10-13)12-26-16-7-5-15(22)6-8-16/h4-11H,12H2,1-3H3. The zero-order valence-corrected chi connectivity index (χ0v) is 17.8. The van der Waals surface area contributed by atoms with Gasteiger partial charge in [-0.15, -0.1) is 0 Å². The maximum Gasteiger partial charge on any atom is 0.348 e. The Labute approximate surface area is 176 Å². The molecule has 1 aliphatic rings. The quantitative estimate of drug-likeness (QED) is 0.270. The first-order chi connectivity index (χ1) is 13.3. The van der Waals surface area contributed by atoms with Gasteiger partial charge in [-0.05, 0) is 70.6 Å². The first-order valence-electron chi connectivity index (χ1n) is 8.51. The molecule has 3 rings (SSSR count). The van der Waals surface area contributed by atoms with Gasteiger partial charge in [0, 0.05) is 23.0 Å². The lowest BCUT2D eigenvalue weighted by Crippen LogP contribution is -2.41. The number of hydrogen-bond acceptors (Lipinski definition) is 6. The molecule has 0 N–H and O–H groups in total. The minimum Gasteiger partial charge on any atom is -0.496 e. The normalized spacial score (nSPS) is 15.5. The summed E-state index contributed by atoms with van der Waals surface area (Å²) in [6.45, 7) is 3.28. The molecule has 0 amide bonds. The van der Waals surface area contributed by atoms with Crippen LogP contribution < -0.4 is 9.47 Å². The maximum atomic E-state index is 12.1. The molecule has 0 unspecified atom stereocenters. The summed E-state index contributed by atoms with van der Waals surface area (Å²) in [4.78, 5) is 24.3. The van der Waals surface area contributed by atoms with E-state index in [1.165, 1.54) is 19.9 Å². The van der Waals surface area contributed by atoms with Gasteiger partial charge >= 0.3 is 11.9 Å². The minimum absolute atomic E-state index is 0.158. The van der Waals surface area contributed by atoms with Crippen LogP contribution in [-0.2, 0) is 25.7 Å². The van der Waals surface area contributed by atoms with Crippen LogP contribution in [-0.4, -0.2) is 24.8 Å². The molecule has 0 aliphatic carbocycles. The van der Waals surface area contributed by atoms with Crippen molar-refractivity contribution in [2.45, 2.75) is 26.2 Å². The van der Waals surface area contributed by atoms with Crippen LogP contribution in [0.2, 0.25) is 0 Å². The lowest BCUT2D eigenvalue weighted by atomic mass is 10.1. The van der Waals surface area contributed by atoms with Gasteiger partial charge in [-0.1, -0.05) is 6.07 Å². The number of methoxy groups -OCH3 is 1. The Morgan fingerprint density at radius 1 is 1.04 bits per heavy atom. The number of carbonyl (C=O) groups excluding carboxylic acids is 2. The van der Waals surface area contributed by atoms with E-state index in [1.54, 1.807) is 25.3 Å². The van der Waals surface area contributed by atoms with Gasteiger partial charge in [-0.25, -0.2) is 9.59 Å². The van der Waals surface area contributed by atoms with Crippen molar-refractivity contribution < 1.29 is 28.5 Å². The number of esters is 2. The second-order valence-corrected chi connectivity index (χ2v) is 7.80. The van der Waals surface area contributed by atoms with Crippen LogP contribution in [0.25, 0.3) is 6.08 Å². The molecule has 28 heavy (non-hydrogen) atoms. The zero-order valence-electron chi connectivity index (χ0n) is 15.7. The average molecular weight is 494 g/mol. The van der Waals surface area contributed by atoms with Gasteiger partial charge in [-0.2, -0.15) is 0 Å². The third-order valence-electron chi connectivity index (χ3n) is 3.94. The van der Waals surface area contributed by atoms with E-state index in [0.717, 1.165) is 14.9 Å². The van der Waals surface area contributed by atoms with Crippen molar-refractivity contribution in [1.29, 1.82) is 0 Å². The van der Waals surface area contributed by atoms with Gasteiger partial charge in [0.25, 0.3) is 5.79 Å². The monoisotopic (exact) mass is 494 g/mol. The molecule has 146 valence electrons. The average Bonchev–Trinajstić information content (AvgIpc) is 2.63. The smallest absolute Gasteiger partial charge is 0.348 e. The van der Waals surface area contributed by atoms with Crippen molar-refractivity contribution in [2.75, 3.05) is 7.11 Å². The molecule has 2 aromatic carbocycles. The second kappa shape index (κ2) is 8.22. The van der Waals surface area contributed by atoms with Crippen LogP contribution in [0.3, 0.4) is 0 Å². The first-order valence-corrected chi connectivity index (χ1v) is 9.59. The van der Waals surface area contributed by atoms with Crippen LogP contribution in [0.1, 0.15) is 25.0 Å². The Hall–Kier alpha value is -2.55. The molecule has 0 saturated carbocycles. The highest BCUT2D eigenvalue weighted by Gasteiger charge is 2.38. The number of rotatable bonds is 5. The van der Waals surface area contributed by atoms with Gasteiger partial charge in [0.05, 0.1) is 7.11 Å². The predicted molar refractivity (Wildman–Crippen MR) is 111 cm³/mol. The summed E-state index contributed by atoms with van der Waals surface area (Å²) < 4.78 is 22.6. The molecule has 6 nitrogen and oxygen atoms in total. The Bertz CT molecular complexity index is 908. The molecule has 0 radical (unpaired) electrons. The molecule has 1 heterocycles. The fourth-order valence-corrected chi connectivity index (χ4v) is 3.00. The van der Waals surface area contributed by atoms with Crippen LogP contribution in [0, 0.1) is 3.57 Å². The van der Waals surface area contributed by atoms with Crippen molar-refractivity contribution in [3.63, 3.8) is 0 Å². The number of ether oxygens (including phenoxy) is 4. The number of halogens is 1. The molecule has 0 spiro atoms. The Kier molecular flexibility index (Phi) is 5.93. The van der Waals surface area contributed by atoms with E-state index in [4.69, 9.17) is 18.9 Å². The largest absolute Gasteiger partial charge is 0.496 e. The lowest BCUT2D eigenvalue weighted by Gasteiger charge is -2.29. The molecular formula is C21H19IO6. The topological polar surface area (TPSA) is 71.1 Å². The van der Waals surface area contributed by atoms with Crippen molar-refractivity contribution in [2.24, 2.45) is 0 Å². The van der Waals surface area contributed by atoms with E-state index < -0.39 is 17.7 Å². The molecule has 2 aromatic rings. The second-order valence-electron chi connectivity index (χ2n) is 6.55. The number of carbonyl (C=O) groups is 2. The summed E-state index contributed by atoms with van der Waals surface area (Å²) in [5.74, 6) is -1.32. The van der Waals surface area contributed by atoms with Crippen molar-refractivity contribution in [3.05, 3.63) is 62.7 Å². The van der Waals surface area contributed by atoms with Crippen LogP contribution in [0.5, 0.6) is 11.5 Å². The van der Waals surface area contributed by atoms with Gasteiger partial charge < -0.3 is 18.9 Å². The highest BCUT2D eigenvalue weighted by Crippen LogP contribution is 2.27. The van der Waals surface area contributed by atoms with Gasteiger partial charge in [-0.3, -0.25) is 0 Å². The van der Waals surface area contributed by atoms with E-state index in [2.05, 4.69) is 22.6 Å². The van der Waals surface area contributed by atoms with Gasteiger partial charge in [0.2, 0.25) is 0 Å². The third kappa shape index (κ3) is 4.83. The highest BCUT2D eigenvalue weighted by molar-refractivity contribution is 14.1. The van der Waals surface area contributed by atoms with Crippen LogP contribution in [0.15, 0.2) is 48.0 Å². The molecule has 1 aliphatic heterocycles. The van der Waals surface area contributed by atoms with E-state index in [-0.39, 0.29) is 12.2 Å². The van der Waals surface area contributed by atoms with Crippen LogP contribution in [0.4, 0.5) is 0 Å². The van der Waals surface area contributed by atoms with E-state index >= 15 is 0 Å². The van der Waals surface area contributed by atoms with Gasteiger partial charge in [0.1, 0.15) is 23.7 Å². The fraction of sp³-hybridized carbons (Fsp3) is 0.238. The lowest BCUT2D eigenvalue weighted by molar-refractivity contribution is -0.222. The summed E-state index contributed by atoms with van der Waals surface area (Å²) >= 11 is 2.23. The maximum absolute atomic E-state index is 12.1. The first kappa shape index (κ1) is 20.2. The molecule has 0 aromatic heterocycles. The van der Waals surface area contributed by atoms with Crippen molar-refractivity contribution in [1.82, 2.24) is 0 Å². The fourth-order valence-electron chi connectivity index (χ4n) is 2.64. The van der Waals surface area contributed by atoms with E-state index in [9.17, 15) is 9.59 Å². The molecule has 1 fully saturated rings. The number of cyclic esters (lactones) is 2. The predicted octanol–water partition coefficient (Wildman–Crippen LogP) is 4.10. The van der Waals surface area contributed by atoms with E-state index in [1.807, 2.05) is 24.3 Å². The summed E-state index contributed by atoms with van der Waals surface area (Å²) in [7, 11) is 1.57. The molecular weight excluding hydrogens is 475 g/mol. The summed E-state index contributed by atoms with van der Waals surface area (Å²) in [6, 6.07) is 13.0. The third-order valence-corrected chi connectivity index (χ3v) is 4.66. The number of benzene rings is 2. The summed E-state index contributed by atoms with van der Waals surface area (Å²) in [6.07, 6.45) is 1.44. The number of hydrogen-bond donors (Lipinski definition) is 0. The summed E-state index contributed by atoms with van der Waals surface area (Å²) in [5.41, 5.74) is 1.24. The Balaban J connectivity index is 1.83. The van der Waals surface area contributed by atoms with Crippen molar-refractivity contribution in [3.8, 4) is 11.5 Å². The molecule has 7 heteroatoms. The molecule has 0 atom stereocenters. The minimum atomic E-state index is -1.27. The Morgan fingerprint density at radius 3 is 2.29 bits per heavy atom. The van der Waals surface area contributed by atoms with Gasteiger partial charge in [0.15, 0.2) is 0 Å². The Morgan fingerprint density at radius 2 is 1.68 bits per heavy atom. The highest BCUT2D eigenvalue weighted by atomic mass is 127. The van der Waals surface area contributed by atoms with Crippen molar-refractivity contribution >= 4 is 40.6 Å². The zero-order chi connectivity index (χ0) is 20.3. The molecule has 0 bridgehead atoms. The molecule has 1 saturated heterocycles. The van der Waals surface area contributed by atoms with E-state index in [0.29, 0.717) is 11.3 Å². The van der Waals surface area contributed by atoms with Crippen LogP contribution >= 0.6 is 22.6 Å². The summed E-state index contributed by atoms with van der Waals surface area (Å²) in [5, 5.41) is 0.